The van der Waals surface area contributed by atoms with Crippen molar-refractivity contribution in [2.75, 3.05) is 11.6 Å². The number of pyridine rings is 1. The van der Waals surface area contributed by atoms with Crippen molar-refractivity contribution in [1.29, 1.82) is 0 Å². The van der Waals surface area contributed by atoms with Crippen molar-refractivity contribution in [3.63, 3.8) is 0 Å². The largest absolute Gasteiger partial charge is 0.417 e. The number of hydrogen-bond donors (Lipinski definition) is 2. The van der Waals surface area contributed by atoms with Gasteiger partial charge in [0.25, 0.3) is 0 Å². The molecule has 2 N–H and O–H groups in total. The van der Waals surface area contributed by atoms with Gasteiger partial charge in [-0.15, -0.1) is 0 Å². The number of aromatic amines is 1. The highest BCUT2D eigenvalue weighted by atomic mass is 35.5. The first-order valence-corrected chi connectivity index (χ1v) is 10.6. The third-order valence-corrected chi connectivity index (χ3v) is 5.81. The second kappa shape index (κ2) is 8.52. The number of rotatable bonds is 5. The van der Waals surface area contributed by atoms with Gasteiger partial charge in [0.1, 0.15) is 16.9 Å². The molecule has 0 radical (unpaired) electrons. The van der Waals surface area contributed by atoms with Crippen molar-refractivity contribution in [2.24, 2.45) is 0 Å². The third kappa shape index (κ3) is 4.76. The van der Waals surface area contributed by atoms with Crippen molar-refractivity contribution in [2.45, 2.75) is 24.2 Å². The molecule has 1 unspecified atom stereocenters. The molecule has 30 heavy (non-hydrogen) atoms. The van der Waals surface area contributed by atoms with Crippen LogP contribution in [0.2, 0.25) is 10.0 Å². The fourth-order valence-corrected chi connectivity index (χ4v) is 3.74. The zero-order chi connectivity index (χ0) is 22.2. The van der Waals surface area contributed by atoms with E-state index in [2.05, 4.69) is 20.3 Å². The van der Waals surface area contributed by atoms with E-state index >= 15 is 0 Å². The second-order valence-electron chi connectivity index (χ2n) is 6.31. The fourth-order valence-electron chi connectivity index (χ4n) is 2.72. The Bertz CT molecular complexity index is 1120. The second-order valence-corrected chi connectivity index (χ2v) is 8.42. The molecule has 0 saturated heterocycles. The van der Waals surface area contributed by atoms with Crippen molar-refractivity contribution in [1.82, 2.24) is 15.0 Å². The number of aryl methyl sites for hydroxylation is 1. The Labute approximate surface area is 181 Å². The zero-order valence-electron chi connectivity index (χ0n) is 15.4. The molecule has 3 aromatic rings. The molecular weight excluding hydrogens is 467 g/mol. The van der Waals surface area contributed by atoms with Crippen LogP contribution in [0.1, 0.15) is 28.7 Å². The summed E-state index contributed by atoms with van der Waals surface area (Å²) in [6, 6.07) is 4.06. The van der Waals surface area contributed by atoms with E-state index in [4.69, 9.17) is 23.2 Å². The highest BCUT2D eigenvalue weighted by molar-refractivity contribution is 7.84. The number of nitrogens with one attached hydrogen (secondary N) is 2. The van der Waals surface area contributed by atoms with Crippen molar-refractivity contribution >= 4 is 39.8 Å². The van der Waals surface area contributed by atoms with Crippen LogP contribution >= 0.6 is 23.2 Å². The molecule has 3 rings (SSSR count). The van der Waals surface area contributed by atoms with Crippen LogP contribution in [0.4, 0.5) is 23.4 Å². The lowest BCUT2D eigenvalue weighted by atomic mass is 10.1. The van der Waals surface area contributed by atoms with E-state index in [0.29, 0.717) is 23.5 Å². The number of nitrogens with zero attached hydrogens (tertiary/aromatic N) is 2. The SMILES string of the molecule is Cc1[nH]c(C(Nc2ncc(C(F)(F)F)cc2F)c2ccc(Cl)c(Cl)c2)nc1[S@@](C)=O. The van der Waals surface area contributed by atoms with E-state index in [1.54, 1.807) is 13.0 Å². The molecule has 0 spiro atoms. The molecule has 1 aromatic carbocycles. The summed E-state index contributed by atoms with van der Waals surface area (Å²) in [6.07, 6.45) is -2.75. The van der Waals surface area contributed by atoms with E-state index < -0.39 is 40.2 Å². The van der Waals surface area contributed by atoms with Crippen LogP contribution in [0, 0.1) is 12.7 Å². The van der Waals surface area contributed by atoms with Gasteiger partial charge < -0.3 is 10.3 Å². The lowest BCUT2D eigenvalue weighted by Crippen LogP contribution is -2.17. The molecule has 5 nitrogen and oxygen atoms in total. The smallest absolute Gasteiger partial charge is 0.354 e. The molecule has 0 aliphatic carbocycles. The van der Waals surface area contributed by atoms with E-state index in [-0.39, 0.29) is 20.9 Å². The summed E-state index contributed by atoms with van der Waals surface area (Å²) in [5.41, 5.74) is -0.208. The summed E-state index contributed by atoms with van der Waals surface area (Å²) < 4.78 is 64.6. The molecular formula is C18H14Cl2F4N4OS. The molecule has 0 aliphatic rings. The molecule has 12 heteroatoms. The predicted octanol–water partition coefficient (Wildman–Crippen LogP) is 5.52. The van der Waals surface area contributed by atoms with E-state index in [1.165, 1.54) is 18.4 Å². The van der Waals surface area contributed by atoms with Crippen LogP contribution in [0.5, 0.6) is 0 Å². The molecule has 0 saturated carbocycles. The van der Waals surface area contributed by atoms with Crippen LogP contribution in [0.25, 0.3) is 0 Å². The number of aromatic nitrogens is 3. The third-order valence-electron chi connectivity index (χ3n) is 4.13. The molecule has 2 aromatic heterocycles. The molecule has 160 valence electrons. The summed E-state index contributed by atoms with van der Waals surface area (Å²) >= 11 is 12.0. The molecule has 0 aliphatic heterocycles. The predicted molar refractivity (Wildman–Crippen MR) is 107 cm³/mol. The van der Waals surface area contributed by atoms with Crippen LogP contribution in [0.15, 0.2) is 35.5 Å². The number of benzene rings is 1. The van der Waals surface area contributed by atoms with E-state index in [0.717, 1.165) is 0 Å². The van der Waals surface area contributed by atoms with Crippen molar-refractivity contribution in [3.8, 4) is 0 Å². The Morgan fingerprint density at radius 3 is 2.43 bits per heavy atom. The van der Waals surface area contributed by atoms with Crippen LogP contribution in [-0.4, -0.2) is 25.4 Å². The first kappa shape index (κ1) is 22.5. The van der Waals surface area contributed by atoms with Crippen LogP contribution in [0.3, 0.4) is 0 Å². The van der Waals surface area contributed by atoms with Gasteiger partial charge in [0.05, 0.1) is 26.4 Å². The van der Waals surface area contributed by atoms with Gasteiger partial charge in [-0.2, -0.15) is 13.2 Å². The number of anilines is 1. The maximum absolute atomic E-state index is 14.4. The van der Waals surface area contributed by atoms with E-state index in [9.17, 15) is 21.8 Å². The fraction of sp³-hybridized carbons (Fsp3) is 0.222. The zero-order valence-corrected chi connectivity index (χ0v) is 17.8. The standard InChI is InChI=1S/C18H14Cl2F4N4OS/c1-8-17(30(2)29)28-16(26-8)14(9-3-4-11(19)12(20)5-9)27-15-13(21)6-10(7-25-15)18(22,23)24/h3-7,14H,1-2H3,(H,25,27)(H,26,28)/t14?,30-/m1/s1. The topological polar surface area (TPSA) is 70.7 Å². The number of H-pyrrole nitrogens is 1. The van der Waals surface area contributed by atoms with Gasteiger partial charge in [-0.05, 0) is 30.7 Å². The minimum Gasteiger partial charge on any atom is -0.354 e. The van der Waals surface area contributed by atoms with Crippen molar-refractivity contribution < 1.29 is 21.8 Å². The Morgan fingerprint density at radius 1 is 1.20 bits per heavy atom. The lowest BCUT2D eigenvalue weighted by molar-refractivity contribution is -0.138. The summed E-state index contributed by atoms with van der Waals surface area (Å²) in [6.45, 7) is 1.66. The number of hydrogen-bond acceptors (Lipinski definition) is 4. The van der Waals surface area contributed by atoms with Crippen LogP contribution < -0.4 is 5.32 Å². The first-order valence-electron chi connectivity index (χ1n) is 8.31. The Kier molecular flexibility index (Phi) is 6.40. The molecule has 0 fully saturated rings. The summed E-state index contributed by atoms with van der Waals surface area (Å²) in [5, 5.41) is 3.52. The monoisotopic (exact) mass is 480 g/mol. The lowest BCUT2D eigenvalue weighted by Gasteiger charge is -2.19. The first-order chi connectivity index (χ1) is 14.0. The maximum Gasteiger partial charge on any atom is 0.417 e. The van der Waals surface area contributed by atoms with Gasteiger partial charge in [0.15, 0.2) is 11.6 Å². The Morgan fingerprint density at radius 2 is 1.90 bits per heavy atom. The Balaban J connectivity index is 2.07. The normalized spacial score (nSPS) is 13.9. The molecule has 0 amide bonds. The number of alkyl halides is 3. The van der Waals surface area contributed by atoms with Gasteiger partial charge in [-0.3, -0.25) is 4.21 Å². The minimum atomic E-state index is -4.73. The highest BCUT2D eigenvalue weighted by Gasteiger charge is 2.32. The molecule has 2 atom stereocenters. The average molecular weight is 481 g/mol. The van der Waals surface area contributed by atoms with Gasteiger partial charge in [-0.25, -0.2) is 14.4 Å². The number of halogens is 6. The van der Waals surface area contributed by atoms with E-state index in [1.807, 2.05) is 0 Å². The Hall–Kier alpha value is -2.17. The van der Waals surface area contributed by atoms with Gasteiger partial charge in [-0.1, -0.05) is 29.3 Å². The minimum absolute atomic E-state index is 0.212. The van der Waals surface area contributed by atoms with Gasteiger partial charge in [0.2, 0.25) is 0 Å². The molecule has 2 heterocycles. The van der Waals surface area contributed by atoms with Gasteiger partial charge >= 0.3 is 6.18 Å². The quantitative estimate of drug-likeness (QED) is 0.471. The number of imidazole rings is 1. The average Bonchev–Trinajstić information content (AvgIpc) is 3.04. The van der Waals surface area contributed by atoms with Crippen LogP contribution in [-0.2, 0) is 17.0 Å². The maximum atomic E-state index is 14.4. The van der Waals surface area contributed by atoms with Gasteiger partial charge in [0, 0.05) is 18.1 Å². The summed E-state index contributed by atoms with van der Waals surface area (Å²) in [4.78, 5) is 10.8. The molecule has 0 bridgehead atoms. The van der Waals surface area contributed by atoms with Crippen molar-refractivity contribution in [3.05, 3.63) is 69.0 Å². The summed E-state index contributed by atoms with van der Waals surface area (Å²) in [7, 11) is -1.40. The summed E-state index contributed by atoms with van der Waals surface area (Å²) in [5.74, 6) is -1.37. The highest BCUT2D eigenvalue weighted by Crippen LogP contribution is 2.33.